The molecule has 1 aromatic heterocycles. The van der Waals surface area contributed by atoms with Crippen LogP contribution < -0.4 is 4.74 Å². The van der Waals surface area contributed by atoms with E-state index in [0.29, 0.717) is 5.88 Å². The van der Waals surface area contributed by atoms with E-state index >= 15 is 0 Å². The number of hydrogen-bond acceptors (Lipinski definition) is 2. The van der Waals surface area contributed by atoms with Gasteiger partial charge in [0.1, 0.15) is 11.6 Å². The topological polar surface area (TPSA) is 27.1 Å². The van der Waals surface area contributed by atoms with Crippen LogP contribution in [0.2, 0.25) is 0 Å². The van der Waals surface area contributed by atoms with Crippen LogP contribution in [0.25, 0.3) is 11.0 Å². The number of halogens is 1. The quantitative estimate of drug-likeness (QED) is 0.772. The number of imidazole rings is 1. The first-order valence-electron chi connectivity index (χ1n) is 7.80. The Bertz CT molecular complexity index is 623. The van der Waals surface area contributed by atoms with Gasteiger partial charge in [-0.3, -0.25) is 0 Å². The molecule has 1 heterocycles. The molecule has 1 fully saturated rings. The highest BCUT2D eigenvalue weighted by Crippen LogP contribution is 2.33. The van der Waals surface area contributed by atoms with Gasteiger partial charge in [-0.1, -0.05) is 13.3 Å². The number of methoxy groups -OCH3 is 1. The zero-order valence-electron chi connectivity index (χ0n) is 12.8. The van der Waals surface area contributed by atoms with E-state index in [-0.39, 0.29) is 0 Å². The molecule has 2 unspecified atom stereocenters. The van der Waals surface area contributed by atoms with Crippen LogP contribution in [0.5, 0.6) is 5.75 Å². The number of benzene rings is 1. The smallest absolute Gasteiger partial charge is 0.121 e. The standard InChI is InChI=1S/C17H23ClN2O/c1-12-3-4-13(9-12)11-20-16-6-5-14(21-2)10-15(16)19-17(20)7-8-18/h5-6,10,12-13H,3-4,7-9,11H2,1-2H3. The van der Waals surface area contributed by atoms with E-state index in [1.54, 1.807) is 7.11 Å². The van der Waals surface area contributed by atoms with E-state index in [2.05, 4.69) is 17.6 Å². The van der Waals surface area contributed by atoms with Gasteiger partial charge in [-0.25, -0.2) is 4.98 Å². The van der Waals surface area contributed by atoms with Gasteiger partial charge in [-0.2, -0.15) is 0 Å². The molecule has 2 aromatic rings. The molecule has 3 rings (SSSR count). The van der Waals surface area contributed by atoms with Crippen LogP contribution in [-0.4, -0.2) is 22.5 Å². The summed E-state index contributed by atoms with van der Waals surface area (Å²) in [5.41, 5.74) is 2.22. The lowest BCUT2D eigenvalue weighted by Gasteiger charge is -2.14. The number of nitrogens with zero attached hydrogens (tertiary/aromatic N) is 2. The van der Waals surface area contributed by atoms with Gasteiger partial charge in [0.25, 0.3) is 0 Å². The molecule has 4 heteroatoms. The second kappa shape index (κ2) is 6.27. The molecule has 114 valence electrons. The number of rotatable bonds is 5. The molecular formula is C17H23ClN2O. The highest BCUT2D eigenvalue weighted by atomic mass is 35.5. The highest BCUT2D eigenvalue weighted by molar-refractivity contribution is 6.17. The average molecular weight is 307 g/mol. The summed E-state index contributed by atoms with van der Waals surface area (Å²) in [5, 5.41) is 0. The zero-order chi connectivity index (χ0) is 14.8. The van der Waals surface area contributed by atoms with E-state index < -0.39 is 0 Å². The molecule has 0 bridgehead atoms. The van der Waals surface area contributed by atoms with Gasteiger partial charge in [0.05, 0.1) is 18.1 Å². The summed E-state index contributed by atoms with van der Waals surface area (Å²) in [6.07, 6.45) is 4.84. The number of fused-ring (bicyclic) bond motifs is 1. The predicted octanol–water partition coefficient (Wildman–Crippen LogP) is 4.26. The van der Waals surface area contributed by atoms with Gasteiger partial charge < -0.3 is 9.30 Å². The first-order valence-corrected chi connectivity index (χ1v) is 8.33. The molecule has 21 heavy (non-hydrogen) atoms. The van der Waals surface area contributed by atoms with Crippen molar-refractivity contribution in [2.45, 2.75) is 39.2 Å². The van der Waals surface area contributed by atoms with E-state index in [9.17, 15) is 0 Å². The second-order valence-electron chi connectivity index (χ2n) is 6.22. The number of aryl methyl sites for hydroxylation is 1. The van der Waals surface area contributed by atoms with Gasteiger partial charge in [0.2, 0.25) is 0 Å². The summed E-state index contributed by atoms with van der Waals surface area (Å²) in [7, 11) is 1.69. The monoisotopic (exact) mass is 306 g/mol. The summed E-state index contributed by atoms with van der Waals surface area (Å²) in [5.74, 6) is 4.21. The minimum atomic E-state index is 0.613. The van der Waals surface area contributed by atoms with Crippen molar-refractivity contribution in [2.24, 2.45) is 11.8 Å². The second-order valence-corrected chi connectivity index (χ2v) is 6.59. The Morgan fingerprint density at radius 1 is 1.38 bits per heavy atom. The molecular weight excluding hydrogens is 284 g/mol. The fourth-order valence-electron chi connectivity index (χ4n) is 3.51. The number of ether oxygens (including phenoxy) is 1. The summed E-state index contributed by atoms with van der Waals surface area (Å²) >= 11 is 5.96. The average Bonchev–Trinajstić information content (AvgIpc) is 3.04. The van der Waals surface area contributed by atoms with Crippen molar-refractivity contribution in [3.8, 4) is 5.75 Å². The Kier molecular flexibility index (Phi) is 4.39. The van der Waals surface area contributed by atoms with Gasteiger partial charge in [0, 0.05) is 24.9 Å². The van der Waals surface area contributed by atoms with Crippen LogP contribution in [-0.2, 0) is 13.0 Å². The molecule has 0 radical (unpaired) electrons. The Morgan fingerprint density at radius 3 is 2.90 bits per heavy atom. The fourth-order valence-corrected chi connectivity index (χ4v) is 3.68. The Morgan fingerprint density at radius 2 is 2.24 bits per heavy atom. The van der Waals surface area contributed by atoms with E-state index in [1.807, 2.05) is 12.1 Å². The lowest BCUT2D eigenvalue weighted by molar-refractivity contribution is 0.415. The van der Waals surface area contributed by atoms with E-state index in [0.717, 1.165) is 41.9 Å². The first-order chi connectivity index (χ1) is 10.2. The van der Waals surface area contributed by atoms with E-state index in [4.69, 9.17) is 21.3 Å². The van der Waals surface area contributed by atoms with Gasteiger partial charge in [0.15, 0.2) is 0 Å². The number of aromatic nitrogens is 2. The summed E-state index contributed by atoms with van der Waals surface area (Å²) in [6.45, 7) is 3.43. The van der Waals surface area contributed by atoms with Crippen molar-refractivity contribution in [1.82, 2.24) is 9.55 Å². The van der Waals surface area contributed by atoms with Crippen LogP contribution in [0.4, 0.5) is 0 Å². The summed E-state index contributed by atoms with van der Waals surface area (Å²) in [4.78, 5) is 4.77. The van der Waals surface area contributed by atoms with E-state index in [1.165, 1.54) is 24.8 Å². The molecule has 1 aliphatic rings. The van der Waals surface area contributed by atoms with Crippen LogP contribution in [0.15, 0.2) is 18.2 Å². The maximum atomic E-state index is 5.96. The Hall–Kier alpha value is -1.22. The third kappa shape index (κ3) is 3.03. The normalized spacial score (nSPS) is 22.0. The van der Waals surface area contributed by atoms with Crippen LogP contribution in [0.3, 0.4) is 0 Å². The molecule has 0 amide bonds. The van der Waals surface area contributed by atoms with Crippen LogP contribution >= 0.6 is 11.6 Å². The molecule has 3 nitrogen and oxygen atoms in total. The van der Waals surface area contributed by atoms with Crippen LogP contribution in [0.1, 0.15) is 32.0 Å². The van der Waals surface area contributed by atoms with Crippen LogP contribution in [0, 0.1) is 11.8 Å². The maximum Gasteiger partial charge on any atom is 0.121 e. The van der Waals surface area contributed by atoms with Crippen molar-refractivity contribution in [3.63, 3.8) is 0 Å². The van der Waals surface area contributed by atoms with Gasteiger partial charge >= 0.3 is 0 Å². The van der Waals surface area contributed by atoms with Crippen molar-refractivity contribution >= 4 is 22.6 Å². The lowest BCUT2D eigenvalue weighted by Crippen LogP contribution is -2.11. The third-order valence-corrected chi connectivity index (χ3v) is 4.79. The highest BCUT2D eigenvalue weighted by Gasteiger charge is 2.23. The molecule has 1 saturated carbocycles. The Balaban J connectivity index is 1.95. The molecule has 1 aliphatic carbocycles. The lowest BCUT2D eigenvalue weighted by atomic mass is 10.1. The molecule has 0 N–H and O–H groups in total. The maximum absolute atomic E-state index is 5.96. The molecule has 0 spiro atoms. The molecule has 0 aliphatic heterocycles. The molecule has 0 saturated heterocycles. The molecule has 1 aromatic carbocycles. The number of hydrogen-bond donors (Lipinski definition) is 0. The first kappa shape index (κ1) is 14.7. The Labute approximate surface area is 131 Å². The minimum Gasteiger partial charge on any atom is -0.497 e. The summed E-state index contributed by atoms with van der Waals surface area (Å²) < 4.78 is 7.68. The van der Waals surface area contributed by atoms with Gasteiger partial charge in [-0.05, 0) is 36.8 Å². The van der Waals surface area contributed by atoms with Crippen molar-refractivity contribution in [1.29, 1.82) is 0 Å². The fraction of sp³-hybridized carbons (Fsp3) is 0.588. The van der Waals surface area contributed by atoms with Crippen molar-refractivity contribution in [2.75, 3.05) is 13.0 Å². The van der Waals surface area contributed by atoms with Crippen molar-refractivity contribution in [3.05, 3.63) is 24.0 Å². The predicted molar refractivity (Wildman–Crippen MR) is 87.2 cm³/mol. The minimum absolute atomic E-state index is 0.613. The molecule has 2 atom stereocenters. The largest absolute Gasteiger partial charge is 0.497 e. The SMILES string of the molecule is COc1ccc2c(c1)nc(CCCl)n2CC1CCC(C)C1. The third-order valence-electron chi connectivity index (χ3n) is 4.60. The van der Waals surface area contributed by atoms with Gasteiger partial charge in [-0.15, -0.1) is 11.6 Å². The number of alkyl halides is 1. The van der Waals surface area contributed by atoms with Crippen molar-refractivity contribution < 1.29 is 4.74 Å². The zero-order valence-corrected chi connectivity index (χ0v) is 13.6. The summed E-state index contributed by atoms with van der Waals surface area (Å²) in [6, 6.07) is 6.15.